The van der Waals surface area contributed by atoms with Gasteiger partial charge in [-0.05, 0) is 19.1 Å². The summed E-state index contributed by atoms with van der Waals surface area (Å²) < 4.78 is 5.01. The predicted octanol–water partition coefficient (Wildman–Crippen LogP) is 2.61. The van der Waals surface area contributed by atoms with Crippen molar-refractivity contribution in [2.45, 2.75) is 20.0 Å². The van der Waals surface area contributed by atoms with Crippen LogP contribution >= 0.6 is 0 Å². The van der Waals surface area contributed by atoms with Crippen molar-refractivity contribution in [2.24, 2.45) is 0 Å². The van der Waals surface area contributed by atoms with E-state index in [-0.39, 0.29) is 6.61 Å². The summed E-state index contributed by atoms with van der Waals surface area (Å²) in [7, 11) is -1.59. The molecular weight excluding hydrogens is 272 g/mol. The summed E-state index contributed by atoms with van der Waals surface area (Å²) in [6, 6.07) is 7.35. The molecule has 0 saturated carbocycles. The fraction of sp³-hybridized carbons (Fsp3) is 0.333. The van der Waals surface area contributed by atoms with Crippen LogP contribution in [0.15, 0.2) is 36.5 Å². The predicted molar refractivity (Wildman–Crippen MR) is 81.0 cm³/mol. The van der Waals surface area contributed by atoms with Crippen molar-refractivity contribution in [3.8, 4) is 0 Å². The number of carbonyl (C=O) groups is 1. The summed E-state index contributed by atoms with van der Waals surface area (Å²) in [4.78, 5) is 21.0. The molecule has 1 radical (unpaired) electrons. The van der Waals surface area contributed by atoms with Gasteiger partial charge in [0.2, 0.25) is 0 Å². The van der Waals surface area contributed by atoms with Gasteiger partial charge < -0.3 is 4.74 Å². The molecule has 0 saturated heterocycles. The Balaban J connectivity index is 2.52. The maximum absolute atomic E-state index is 11.7. The zero-order chi connectivity index (χ0) is 15.0. The molecule has 0 heterocycles. The summed E-state index contributed by atoms with van der Waals surface area (Å²) >= 11 is 0. The minimum Gasteiger partial charge on any atom is -0.379 e. The molecule has 5 heteroatoms. The largest absolute Gasteiger partial charge is 0.379 e. The van der Waals surface area contributed by atoms with Crippen molar-refractivity contribution in [1.29, 1.82) is 0 Å². The van der Waals surface area contributed by atoms with E-state index in [9.17, 15) is 4.79 Å². The maximum atomic E-state index is 11.7. The first-order chi connectivity index (χ1) is 9.51. The zero-order valence-corrected chi connectivity index (χ0v) is 13.2. The third-order valence-corrected chi connectivity index (χ3v) is 5.80. The Morgan fingerprint density at radius 1 is 1.30 bits per heavy atom. The molecule has 0 unspecified atom stereocenters. The van der Waals surface area contributed by atoms with Gasteiger partial charge in [-0.2, -0.15) is 4.89 Å². The van der Waals surface area contributed by atoms with Gasteiger partial charge in [-0.3, -0.25) is 4.89 Å². The highest BCUT2D eigenvalue weighted by Crippen LogP contribution is 2.07. The van der Waals surface area contributed by atoms with Crippen LogP contribution in [0.25, 0.3) is 0 Å². The van der Waals surface area contributed by atoms with Gasteiger partial charge in [-0.15, -0.1) is 6.58 Å². The van der Waals surface area contributed by atoms with E-state index in [0.717, 1.165) is 0 Å². The molecule has 0 N–H and O–H groups in total. The molecule has 1 aromatic carbocycles. The number of ether oxygens (including phenoxy) is 1. The second-order valence-electron chi connectivity index (χ2n) is 4.80. The fourth-order valence-electron chi connectivity index (χ4n) is 1.47. The lowest BCUT2D eigenvalue weighted by atomic mass is 10.2. The lowest BCUT2D eigenvalue weighted by molar-refractivity contribution is -0.218. The Kier molecular flexibility index (Phi) is 6.64. The van der Waals surface area contributed by atoms with Crippen molar-refractivity contribution in [3.05, 3.63) is 48.7 Å². The van der Waals surface area contributed by atoms with E-state index in [4.69, 9.17) is 4.74 Å². The highest BCUT2D eigenvalue weighted by molar-refractivity contribution is 6.93. The summed E-state index contributed by atoms with van der Waals surface area (Å²) in [5, 5.41) is 1.22. The lowest BCUT2D eigenvalue weighted by Crippen LogP contribution is -2.39. The van der Waals surface area contributed by atoms with Crippen molar-refractivity contribution >= 4 is 19.2 Å². The number of hydrogen-bond donors (Lipinski definition) is 0. The molecule has 0 amide bonds. The first-order valence-corrected chi connectivity index (χ1v) is 9.60. The van der Waals surface area contributed by atoms with E-state index in [0.29, 0.717) is 12.2 Å². The SMILES string of the molecule is C=C[Si](C)(C)c1ccc(C(=O)OO[CH]COCC)cc1. The number of carbonyl (C=O) groups excluding carboxylic acids is 1. The molecule has 0 aliphatic heterocycles. The van der Waals surface area contributed by atoms with Crippen LogP contribution in [0.1, 0.15) is 17.3 Å². The molecule has 4 nitrogen and oxygen atoms in total. The molecule has 0 aromatic heterocycles. The highest BCUT2D eigenvalue weighted by atomic mass is 28.3. The van der Waals surface area contributed by atoms with Gasteiger partial charge in [0.25, 0.3) is 0 Å². The topological polar surface area (TPSA) is 44.8 Å². The molecule has 0 aliphatic carbocycles. The van der Waals surface area contributed by atoms with E-state index in [1.54, 1.807) is 12.1 Å². The van der Waals surface area contributed by atoms with Gasteiger partial charge in [-0.25, -0.2) is 4.79 Å². The van der Waals surface area contributed by atoms with Crippen molar-refractivity contribution in [3.63, 3.8) is 0 Å². The monoisotopic (exact) mass is 293 g/mol. The molecule has 1 aromatic rings. The first kappa shape index (κ1) is 16.6. The molecule has 0 atom stereocenters. The van der Waals surface area contributed by atoms with Crippen LogP contribution in [0, 0.1) is 6.61 Å². The normalized spacial score (nSPS) is 11.2. The van der Waals surface area contributed by atoms with Crippen LogP contribution in [-0.2, 0) is 14.5 Å². The second kappa shape index (κ2) is 7.99. The van der Waals surface area contributed by atoms with Crippen LogP contribution in [0.3, 0.4) is 0 Å². The van der Waals surface area contributed by atoms with E-state index < -0.39 is 14.0 Å². The summed E-state index contributed by atoms with van der Waals surface area (Å²) in [5.74, 6) is -0.526. The van der Waals surface area contributed by atoms with Gasteiger partial charge in [0, 0.05) is 6.61 Å². The lowest BCUT2D eigenvalue weighted by Gasteiger charge is -2.17. The fourth-order valence-corrected chi connectivity index (χ4v) is 2.73. The molecule has 0 aliphatic rings. The van der Waals surface area contributed by atoms with Gasteiger partial charge in [-0.1, -0.05) is 36.1 Å². The third kappa shape index (κ3) is 4.92. The molecule has 0 spiro atoms. The van der Waals surface area contributed by atoms with E-state index in [2.05, 4.69) is 29.4 Å². The Morgan fingerprint density at radius 3 is 2.50 bits per heavy atom. The van der Waals surface area contributed by atoms with Gasteiger partial charge in [0.1, 0.15) is 8.07 Å². The Labute approximate surface area is 121 Å². The molecule has 109 valence electrons. The zero-order valence-electron chi connectivity index (χ0n) is 12.2. The first-order valence-electron chi connectivity index (χ1n) is 6.52. The van der Waals surface area contributed by atoms with Crippen LogP contribution in [0.2, 0.25) is 13.1 Å². The number of rotatable bonds is 8. The van der Waals surface area contributed by atoms with Crippen LogP contribution < -0.4 is 5.19 Å². The van der Waals surface area contributed by atoms with E-state index in [1.165, 1.54) is 11.8 Å². The smallest absolute Gasteiger partial charge is 0.373 e. The second-order valence-corrected chi connectivity index (χ2v) is 9.23. The average molecular weight is 293 g/mol. The minimum atomic E-state index is -1.59. The summed E-state index contributed by atoms with van der Waals surface area (Å²) in [5.41, 5.74) is 2.46. The quantitative estimate of drug-likeness (QED) is 0.320. The molecule has 0 fully saturated rings. The van der Waals surface area contributed by atoms with Crippen LogP contribution in [0.4, 0.5) is 0 Å². The van der Waals surface area contributed by atoms with Crippen molar-refractivity contribution < 1.29 is 19.3 Å². The van der Waals surface area contributed by atoms with Gasteiger partial charge >= 0.3 is 5.97 Å². The number of benzene rings is 1. The summed E-state index contributed by atoms with van der Waals surface area (Å²) in [6.45, 7) is 12.3. The van der Waals surface area contributed by atoms with Crippen LogP contribution in [-0.4, -0.2) is 27.3 Å². The van der Waals surface area contributed by atoms with Crippen LogP contribution in [0.5, 0.6) is 0 Å². The van der Waals surface area contributed by atoms with E-state index in [1.807, 2.05) is 24.8 Å². The average Bonchev–Trinajstić information content (AvgIpc) is 2.47. The Hall–Kier alpha value is -1.43. The molecular formula is C15H21O4Si. The number of hydrogen-bond acceptors (Lipinski definition) is 4. The summed E-state index contributed by atoms with van der Waals surface area (Å²) in [6.07, 6.45) is 0. The van der Waals surface area contributed by atoms with Crippen molar-refractivity contribution in [1.82, 2.24) is 0 Å². The van der Waals surface area contributed by atoms with Gasteiger partial charge in [0.05, 0.1) is 12.2 Å². The maximum Gasteiger partial charge on any atom is 0.373 e. The van der Waals surface area contributed by atoms with Crippen molar-refractivity contribution in [2.75, 3.05) is 13.2 Å². The molecule has 1 rings (SSSR count). The standard InChI is InChI=1S/C15H21O4Si/c1-5-17-11-12-18-19-15(16)13-7-9-14(10-8-13)20(3,4)6-2/h6-10,12H,2,5,11H2,1,3-4H3. The Morgan fingerprint density at radius 2 is 1.95 bits per heavy atom. The third-order valence-electron chi connectivity index (χ3n) is 2.96. The molecule has 20 heavy (non-hydrogen) atoms. The minimum absolute atomic E-state index is 0.280. The Bertz CT molecular complexity index is 440. The van der Waals surface area contributed by atoms with Gasteiger partial charge in [0.15, 0.2) is 6.61 Å². The van der Waals surface area contributed by atoms with E-state index >= 15 is 0 Å². The molecule has 0 bridgehead atoms. The highest BCUT2D eigenvalue weighted by Gasteiger charge is 2.19.